The van der Waals surface area contributed by atoms with E-state index in [1.165, 1.54) is 6.92 Å². The van der Waals surface area contributed by atoms with Crippen molar-refractivity contribution in [2.45, 2.75) is 32.0 Å². The fourth-order valence-electron chi connectivity index (χ4n) is 1.50. The van der Waals surface area contributed by atoms with Crippen molar-refractivity contribution >= 4 is 5.78 Å². The number of aliphatic hydroxyl groups is 2. The molecule has 0 aliphatic heterocycles. The summed E-state index contributed by atoms with van der Waals surface area (Å²) >= 11 is 0. The van der Waals surface area contributed by atoms with Crippen LogP contribution in [0.3, 0.4) is 0 Å². The van der Waals surface area contributed by atoms with Crippen LogP contribution in [-0.2, 0) is 4.79 Å². The number of ketones is 1. The van der Waals surface area contributed by atoms with E-state index in [0.717, 1.165) is 6.42 Å². The number of Topliss-reactive ketones (excluding diaryl/α,β-unsaturated/α-hetero) is 1. The Hall–Kier alpha value is -0.410. The van der Waals surface area contributed by atoms with Crippen LogP contribution in [0.5, 0.6) is 0 Å². The smallest absolute Gasteiger partial charge is 0.172 e. The fourth-order valence-corrected chi connectivity index (χ4v) is 1.50. The lowest BCUT2D eigenvalue weighted by atomic mass is 9.99. The van der Waals surface area contributed by atoms with Gasteiger partial charge in [0.2, 0.25) is 0 Å². The second-order valence-corrected chi connectivity index (χ2v) is 2.93. The summed E-state index contributed by atoms with van der Waals surface area (Å²) in [5, 5.41) is 18.3. The number of rotatable bonds is 1. The van der Waals surface area contributed by atoms with Crippen molar-refractivity contribution in [3.05, 3.63) is 0 Å². The van der Waals surface area contributed by atoms with Gasteiger partial charge in [0.15, 0.2) is 5.79 Å². The van der Waals surface area contributed by atoms with E-state index in [4.69, 9.17) is 10.2 Å². The van der Waals surface area contributed by atoms with Crippen molar-refractivity contribution in [2.24, 2.45) is 5.92 Å². The highest BCUT2D eigenvalue weighted by Gasteiger charge is 2.41. The predicted octanol–water partition coefficient (Wildman–Crippen LogP) is 0.0564. The third-order valence-corrected chi connectivity index (χ3v) is 2.09. The molecule has 0 aromatic carbocycles. The molecule has 2 N–H and O–H groups in total. The Morgan fingerprint density at radius 2 is 2.20 bits per heavy atom. The lowest BCUT2D eigenvalue weighted by Crippen LogP contribution is -2.36. The molecule has 0 saturated heterocycles. The molecule has 1 unspecified atom stereocenters. The van der Waals surface area contributed by atoms with E-state index >= 15 is 0 Å². The molecule has 0 radical (unpaired) electrons. The first-order valence-electron chi connectivity index (χ1n) is 3.49. The Labute approximate surface area is 59.7 Å². The van der Waals surface area contributed by atoms with Gasteiger partial charge in [-0.3, -0.25) is 4.79 Å². The Kier molecular flexibility index (Phi) is 1.79. The summed E-state index contributed by atoms with van der Waals surface area (Å²) < 4.78 is 0. The summed E-state index contributed by atoms with van der Waals surface area (Å²) in [7, 11) is 0. The molecule has 1 saturated carbocycles. The van der Waals surface area contributed by atoms with Gasteiger partial charge in [-0.15, -0.1) is 0 Å². The van der Waals surface area contributed by atoms with Gasteiger partial charge in [-0.05, 0) is 19.8 Å². The third-order valence-electron chi connectivity index (χ3n) is 2.09. The van der Waals surface area contributed by atoms with Gasteiger partial charge >= 0.3 is 0 Å². The van der Waals surface area contributed by atoms with E-state index in [0.29, 0.717) is 12.8 Å². The molecule has 3 nitrogen and oxygen atoms in total. The average Bonchev–Trinajstić information content (AvgIpc) is 2.08. The van der Waals surface area contributed by atoms with Crippen LogP contribution >= 0.6 is 0 Å². The fraction of sp³-hybridized carbons (Fsp3) is 0.857. The summed E-state index contributed by atoms with van der Waals surface area (Å²) in [6.07, 6.45) is 1.68. The van der Waals surface area contributed by atoms with Crippen LogP contribution in [0.2, 0.25) is 0 Å². The van der Waals surface area contributed by atoms with Gasteiger partial charge < -0.3 is 10.2 Å². The topological polar surface area (TPSA) is 57.5 Å². The van der Waals surface area contributed by atoms with Crippen LogP contribution in [0.15, 0.2) is 0 Å². The van der Waals surface area contributed by atoms with Crippen molar-refractivity contribution in [3.63, 3.8) is 0 Å². The minimum atomic E-state index is -1.72. The van der Waals surface area contributed by atoms with Gasteiger partial charge in [-0.25, -0.2) is 0 Å². The molecular weight excluding hydrogens is 132 g/mol. The van der Waals surface area contributed by atoms with Crippen molar-refractivity contribution in [1.82, 2.24) is 0 Å². The number of hydrogen-bond acceptors (Lipinski definition) is 3. The largest absolute Gasteiger partial charge is 0.365 e. The minimum Gasteiger partial charge on any atom is -0.365 e. The Bertz CT molecular complexity index is 151. The number of hydrogen-bond donors (Lipinski definition) is 2. The molecular formula is C7H12O3. The van der Waals surface area contributed by atoms with Crippen LogP contribution in [0.4, 0.5) is 0 Å². The monoisotopic (exact) mass is 144 g/mol. The molecule has 0 aromatic rings. The van der Waals surface area contributed by atoms with E-state index in [-0.39, 0.29) is 5.78 Å². The molecule has 0 bridgehead atoms. The lowest BCUT2D eigenvalue weighted by molar-refractivity contribution is -0.187. The van der Waals surface area contributed by atoms with Gasteiger partial charge in [0.25, 0.3) is 0 Å². The maximum absolute atomic E-state index is 10.7. The zero-order valence-electron chi connectivity index (χ0n) is 6.00. The molecule has 1 fully saturated rings. The number of carbonyl (C=O) groups is 1. The average molecular weight is 144 g/mol. The molecule has 0 amide bonds. The van der Waals surface area contributed by atoms with E-state index in [1.807, 2.05) is 0 Å². The maximum Gasteiger partial charge on any atom is 0.172 e. The third kappa shape index (κ3) is 1.20. The minimum absolute atomic E-state index is 0.123. The highest BCUT2D eigenvalue weighted by molar-refractivity contribution is 5.79. The van der Waals surface area contributed by atoms with Gasteiger partial charge in [0, 0.05) is 6.42 Å². The SMILES string of the molecule is CC(=O)C1CCCC1(O)O. The zero-order chi connectivity index (χ0) is 7.78. The summed E-state index contributed by atoms with van der Waals surface area (Å²) in [4.78, 5) is 10.7. The summed E-state index contributed by atoms with van der Waals surface area (Å²) in [5.41, 5.74) is 0. The second kappa shape index (κ2) is 2.32. The molecule has 3 heteroatoms. The second-order valence-electron chi connectivity index (χ2n) is 2.93. The van der Waals surface area contributed by atoms with Gasteiger partial charge in [-0.1, -0.05) is 0 Å². The molecule has 58 valence electrons. The normalized spacial score (nSPS) is 30.5. The molecule has 0 heterocycles. The van der Waals surface area contributed by atoms with Crippen molar-refractivity contribution in [1.29, 1.82) is 0 Å². The standard InChI is InChI=1S/C7H12O3/c1-5(8)6-3-2-4-7(6,9)10/h6,9-10H,2-4H2,1H3. The van der Waals surface area contributed by atoms with Crippen LogP contribution in [-0.4, -0.2) is 21.8 Å². The first kappa shape index (κ1) is 7.69. The van der Waals surface area contributed by atoms with Gasteiger partial charge in [0.1, 0.15) is 5.78 Å². The van der Waals surface area contributed by atoms with Gasteiger partial charge in [0.05, 0.1) is 5.92 Å². The maximum atomic E-state index is 10.7. The Balaban J connectivity index is 2.68. The van der Waals surface area contributed by atoms with E-state index in [9.17, 15) is 4.79 Å². The first-order chi connectivity index (χ1) is 4.54. The van der Waals surface area contributed by atoms with Crippen molar-refractivity contribution < 1.29 is 15.0 Å². The van der Waals surface area contributed by atoms with Crippen molar-refractivity contribution in [3.8, 4) is 0 Å². The molecule has 0 spiro atoms. The van der Waals surface area contributed by atoms with Crippen LogP contribution in [0, 0.1) is 5.92 Å². The quantitative estimate of drug-likeness (QED) is 0.511. The lowest BCUT2D eigenvalue weighted by Gasteiger charge is -2.20. The molecule has 1 rings (SSSR count). The summed E-state index contributed by atoms with van der Waals surface area (Å²) in [5.74, 6) is -2.39. The highest BCUT2D eigenvalue weighted by atomic mass is 16.5. The zero-order valence-corrected chi connectivity index (χ0v) is 6.00. The molecule has 1 aliphatic rings. The Morgan fingerprint density at radius 3 is 2.40 bits per heavy atom. The highest BCUT2D eigenvalue weighted by Crippen LogP contribution is 2.33. The first-order valence-corrected chi connectivity index (χ1v) is 3.49. The van der Waals surface area contributed by atoms with Crippen LogP contribution in [0.1, 0.15) is 26.2 Å². The van der Waals surface area contributed by atoms with E-state index < -0.39 is 11.7 Å². The Morgan fingerprint density at radius 1 is 1.60 bits per heavy atom. The van der Waals surface area contributed by atoms with Gasteiger partial charge in [-0.2, -0.15) is 0 Å². The molecule has 0 aromatic heterocycles. The summed E-state index contributed by atoms with van der Waals surface area (Å²) in [6, 6.07) is 0. The van der Waals surface area contributed by atoms with E-state index in [2.05, 4.69) is 0 Å². The molecule has 1 atom stereocenters. The molecule has 10 heavy (non-hydrogen) atoms. The predicted molar refractivity (Wildman–Crippen MR) is 35.2 cm³/mol. The number of carbonyl (C=O) groups excluding carboxylic acids is 1. The van der Waals surface area contributed by atoms with Crippen LogP contribution in [0.25, 0.3) is 0 Å². The van der Waals surface area contributed by atoms with Crippen molar-refractivity contribution in [2.75, 3.05) is 0 Å². The van der Waals surface area contributed by atoms with Crippen LogP contribution < -0.4 is 0 Å². The summed E-state index contributed by atoms with van der Waals surface area (Å²) in [6.45, 7) is 1.40. The van der Waals surface area contributed by atoms with E-state index in [1.54, 1.807) is 0 Å². The molecule has 1 aliphatic carbocycles.